The summed E-state index contributed by atoms with van der Waals surface area (Å²) in [7, 11) is 0. The number of hydrogen-bond donors (Lipinski definition) is 1. The van der Waals surface area contributed by atoms with Gasteiger partial charge in [-0.2, -0.15) is 0 Å². The van der Waals surface area contributed by atoms with Crippen molar-refractivity contribution in [1.29, 1.82) is 0 Å². The molecule has 0 radical (unpaired) electrons. The van der Waals surface area contributed by atoms with Gasteiger partial charge in [-0.15, -0.1) is 12.4 Å². The summed E-state index contributed by atoms with van der Waals surface area (Å²) in [6.07, 6.45) is 0.912. The Bertz CT molecular complexity index is 265. The van der Waals surface area contributed by atoms with Crippen LogP contribution in [0.15, 0.2) is 0 Å². The summed E-state index contributed by atoms with van der Waals surface area (Å²) in [4.78, 5) is 13.7. The van der Waals surface area contributed by atoms with E-state index < -0.39 is 0 Å². The van der Waals surface area contributed by atoms with Gasteiger partial charge in [-0.25, -0.2) is 4.79 Å². The van der Waals surface area contributed by atoms with Gasteiger partial charge in [0, 0.05) is 25.0 Å². The number of piperidine rings is 1. The van der Waals surface area contributed by atoms with Crippen molar-refractivity contribution in [1.82, 2.24) is 10.2 Å². The van der Waals surface area contributed by atoms with Crippen LogP contribution < -0.4 is 5.32 Å². The van der Waals surface area contributed by atoms with E-state index in [0.717, 1.165) is 26.1 Å². The lowest BCUT2D eigenvalue weighted by atomic mass is 9.84. The van der Waals surface area contributed by atoms with Crippen LogP contribution in [0.2, 0.25) is 0 Å². The number of nitrogens with one attached hydrogen (secondary N) is 1. The van der Waals surface area contributed by atoms with E-state index in [1.807, 2.05) is 25.7 Å². The number of rotatable bonds is 0. The zero-order chi connectivity index (χ0) is 11.1. The number of nitrogens with zero attached hydrogens (tertiary/aromatic N) is 1. The molecule has 1 N–H and O–H groups in total. The van der Waals surface area contributed by atoms with Crippen molar-refractivity contribution in [3.8, 4) is 0 Å². The molecule has 4 nitrogen and oxygen atoms in total. The molecule has 2 rings (SSSR count). The van der Waals surface area contributed by atoms with Crippen LogP contribution in [0.25, 0.3) is 0 Å². The maximum Gasteiger partial charge on any atom is 0.410 e. The highest BCUT2D eigenvalue weighted by Crippen LogP contribution is 2.30. The quantitative estimate of drug-likeness (QED) is 0.709. The molecule has 2 aliphatic rings. The Morgan fingerprint density at radius 3 is 2.69 bits per heavy atom. The topological polar surface area (TPSA) is 41.6 Å². The van der Waals surface area contributed by atoms with Gasteiger partial charge >= 0.3 is 6.09 Å². The lowest BCUT2D eigenvalue weighted by molar-refractivity contribution is -0.0385. The largest absolute Gasteiger partial charge is 0.444 e. The molecular formula is C11H21ClN2O2. The van der Waals surface area contributed by atoms with Gasteiger partial charge in [0.25, 0.3) is 0 Å². The molecule has 2 atom stereocenters. The van der Waals surface area contributed by atoms with Crippen molar-refractivity contribution < 1.29 is 9.53 Å². The lowest BCUT2D eigenvalue weighted by Crippen LogP contribution is -2.64. The molecule has 5 heteroatoms. The third-order valence-electron chi connectivity index (χ3n) is 3.03. The van der Waals surface area contributed by atoms with E-state index in [1.165, 1.54) is 0 Å². The number of amides is 1. The maximum atomic E-state index is 11.8. The third-order valence-corrected chi connectivity index (χ3v) is 3.03. The Morgan fingerprint density at radius 2 is 2.12 bits per heavy atom. The lowest BCUT2D eigenvalue weighted by Gasteiger charge is -2.50. The van der Waals surface area contributed by atoms with E-state index >= 15 is 0 Å². The van der Waals surface area contributed by atoms with Crippen LogP contribution in [0.5, 0.6) is 0 Å². The van der Waals surface area contributed by atoms with Crippen LogP contribution in [-0.2, 0) is 4.74 Å². The van der Waals surface area contributed by atoms with Crippen LogP contribution in [0, 0.1) is 5.92 Å². The average Bonchev–Trinajstić information content (AvgIpc) is 2.03. The number of halogens is 1. The van der Waals surface area contributed by atoms with Crippen LogP contribution in [0.4, 0.5) is 4.79 Å². The van der Waals surface area contributed by atoms with Crippen molar-refractivity contribution in [2.24, 2.45) is 5.92 Å². The van der Waals surface area contributed by atoms with Gasteiger partial charge in [-0.05, 0) is 33.7 Å². The standard InChI is InChI=1S/C11H20N2O2.ClH/c1-11(2,3)15-10(14)13-7-8-6-12-5-4-9(8)13;/h8-9,12H,4-7H2,1-3H3;1H/t8-,9-;/m0./s1. The zero-order valence-corrected chi connectivity index (χ0v) is 11.0. The van der Waals surface area contributed by atoms with Crippen molar-refractivity contribution in [3.63, 3.8) is 0 Å². The van der Waals surface area contributed by atoms with Crippen LogP contribution in [0.1, 0.15) is 27.2 Å². The molecule has 2 heterocycles. The number of carbonyl (C=O) groups is 1. The number of hydrogen-bond acceptors (Lipinski definition) is 3. The first kappa shape index (κ1) is 13.6. The fourth-order valence-electron chi connectivity index (χ4n) is 2.29. The molecule has 1 amide bonds. The van der Waals surface area contributed by atoms with Crippen molar-refractivity contribution in [3.05, 3.63) is 0 Å². The Morgan fingerprint density at radius 1 is 1.44 bits per heavy atom. The van der Waals surface area contributed by atoms with Crippen molar-refractivity contribution in [2.45, 2.75) is 38.8 Å². The summed E-state index contributed by atoms with van der Waals surface area (Å²) in [5, 5.41) is 3.35. The van der Waals surface area contributed by atoms with E-state index in [0.29, 0.717) is 12.0 Å². The Kier molecular flexibility index (Phi) is 4.07. The van der Waals surface area contributed by atoms with Gasteiger partial charge in [0.05, 0.1) is 0 Å². The minimum absolute atomic E-state index is 0. The number of carbonyl (C=O) groups excluding carboxylic acids is 1. The summed E-state index contributed by atoms with van der Waals surface area (Å²) in [5.74, 6) is 0.645. The molecule has 0 aromatic carbocycles. The summed E-state index contributed by atoms with van der Waals surface area (Å²) in [6, 6.07) is 0.418. The molecule has 0 aromatic heterocycles. The fraction of sp³-hybridized carbons (Fsp3) is 0.909. The monoisotopic (exact) mass is 248 g/mol. The van der Waals surface area contributed by atoms with E-state index in [4.69, 9.17) is 4.74 Å². The molecule has 94 valence electrons. The molecule has 0 unspecified atom stereocenters. The predicted octanol–water partition coefficient (Wildman–Crippen LogP) is 1.64. The number of fused-ring (bicyclic) bond motifs is 1. The highest BCUT2D eigenvalue weighted by Gasteiger charge is 2.44. The van der Waals surface area contributed by atoms with Gasteiger partial charge < -0.3 is 15.0 Å². The molecular weight excluding hydrogens is 228 g/mol. The van der Waals surface area contributed by atoms with Crippen molar-refractivity contribution >= 4 is 18.5 Å². The van der Waals surface area contributed by atoms with Crippen LogP contribution >= 0.6 is 12.4 Å². The highest BCUT2D eigenvalue weighted by molar-refractivity contribution is 5.85. The van der Waals surface area contributed by atoms with Gasteiger partial charge in [-0.1, -0.05) is 0 Å². The summed E-state index contributed by atoms with van der Waals surface area (Å²) < 4.78 is 5.36. The Hall–Kier alpha value is -0.480. The first-order chi connectivity index (χ1) is 6.97. The highest BCUT2D eigenvalue weighted by atomic mass is 35.5. The predicted molar refractivity (Wildman–Crippen MR) is 65.0 cm³/mol. The second kappa shape index (κ2) is 4.80. The van der Waals surface area contributed by atoms with E-state index in [1.54, 1.807) is 0 Å². The van der Waals surface area contributed by atoms with E-state index in [2.05, 4.69) is 5.32 Å². The number of likely N-dealkylation sites (tertiary alicyclic amines) is 1. The molecule has 0 aromatic rings. The second-order valence-electron chi connectivity index (χ2n) is 5.45. The molecule has 2 saturated heterocycles. The molecule has 0 aliphatic carbocycles. The third kappa shape index (κ3) is 2.80. The van der Waals surface area contributed by atoms with Crippen LogP contribution in [0.3, 0.4) is 0 Å². The first-order valence-corrected chi connectivity index (χ1v) is 5.68. The molecule has 0 bridgehead atoms. The average molecular weight is 249 g/mol. The maximum absolute atomic E-state index is 11.8. The molecule has 0 saturated carbocycles. The SMILES string of the molecule is CC(C)(C)OC(=O)N1C[C@@H]2CNCC[C@@H]21.Cl. The van der Waals surface area contributed by atoms with E-state index in [9.17, 15) is 4.79 Å². The summed E-state index contributed by atoms with van der Waals surface area (Å²) >= 11 is 0. The molecule has 2 aliphatic heterocycles. The fourth-order valence-corrected chi connectivity index (χ4v) is 2.29. The molecule has 16 heavy (non-hydrogen) atoms. The Labute approximate surface area is 103 Å². The normalized spacial score (nSPS) is 28.6. The number of ether oxygens (including phenoxy) is 1. The van der Waals surface area contributed by atoms with Gasteiger partial charge in [-0.3, -0.25) is 0 Å². The minimum atomic E-state index is -0.380. The minimum Gasteiger partial charge on any atom is -0.444 e. The smallest absolute Gasteiger partial charge is 0.410 e. The van der Waals surface area contributed by atoms with E-state index in [-0.39, 0.29) is 24.1 Å². The summed E-state index contributed by atoms with van der Waals surface area (Å²) in [6.45, 7) is 8.64. The summed E-state index contributed by atoms with van der Waals surface area (Å²) in [5.41, 5.74) is -0.380. The van der Waals surface area contributed by atoms with Gasteiger partial charge in [0.1, 0.15) is 5.60 Å². The van der Waals surface area contributed by atoms with Crippen LogP contribution in [-0.4, -0.2) is 42.3 Å². The van der Waals surface area contributed by atoms with Gasteiger partial charge in [0.15, 0.2) is 0 Å². The second-order valence-corrected chi connectivity index (χ2v) is 5.45. The Balaban J connectivity index is 0.00000128. The molecule has 0 spiro atoms. The van der Waals surface area contributed by atoms with Crippen molar-refractivity contribution in [2.75, 3.05) is 19.6 Å². The van der Waals surface area contributed by atoms with Gasteiger partial charge in [0.2, 0.25) is 0 Å². The first-order valence-electron chi connectivity index (χ1n) is 5.68. The molecule has 2 fully saturated rings. The zero-order valence-electron chi connectivity index (χ0n) is 10.2.